The van der Waals surface area contributed by atoms with Crippen molar-refractivity contribution >= 4 is 29.5 Å². The van der Waals surface area contributed by atoms with Crippen LogP contribution < -0.4 is 26.0 Å². The lowest BCUT2D eigenvalue weighted by atomic mass is 9.96. The highest BCUT2D eigenvalue weighted by molar-refractivity contribution is 5.99. The molecule has 1 aromatic heterocycles. The molecule has 4 N–H and O–H groups in total. The van der Waals surface area contributed by atoms with Gasteiger partial charge in [-0.05, 0) is 71.5 Å². The van der Waals surface area contributed by atoms with Gasteiger partial charge in [0.15, 0.2) is 0 Å². The largest absolute Gasteiger partial charge is 0.497 e. The maximum atomic E-state index is 13.8. The number of ether oxygens (including phenoxy) is 1. The van der Waals surface area contributed by atoms with Crippen LogP contribution in [-0.4, -0.2) is 93.0 Å². The summed E-state index contributed by atoms with van der Waals surface area (Å²) in [6, 6.07) is 11.1. The lowest BCUT2D eigenvalue weighted by molar-refractivity contribution is -0.133. The van der Waals surface area contributed by atoms with Crippen LogP contribution in [-0.2, 0) is 38.7 Å². The molecule has 2 aromatic carbocycles. The average Bonchev–Trinajstić information content (AvgIpc) is 3.62. The topological polar surface area (TPSA) is 190 Å². The van der Waals surface area contributed by atoms with E-state index < -0.39 is 35.8 Å². The second kappa shape index (κ2) is 17.7. The number of carbonyl (C=O) groups excluding carboxylic acids is 5. The highest BCUT2D eigenvalue weighted by Crippen LogP contribution is 2.16. The van der Waals surface area contributed by atoms with E-state index in [9.17, 15) is 24.0 Å². The molecule has 0 spiro atoms. The Bertz CT molecular complexity index is 1560. The zero-order valence-corrected chi connectivity index (χ0v) is 28.3. The quantitative estimate of drug-likeness (QED) is 0.265. The fourth-order valence-corrected chi connectivity index (χ4v) is 5.33. The second-order valence-electron chi connectivity index (χ2n) is 12.2. The van der Waals surface area contributed by atoms with Crippen LogP contribution >= 0.6 is 0 Å². The van der Waals surface area contributed by atoms with E-state index in [2.05, 4.69) is 36.8 Å². The summed E-state index contributed by atoms with van der Waals surface area (Å²) >= 11 is 0. The van der Waals surface area contributed by atoms with Crippen LogP contribution in [0.1, 0.15) is 61.5 Å². The molecular weight excluding hydrogens is 630 g/mol. The summed E-state index contributed by atoms with van der Waals surface area (Å²) < 4.78 is 6.59. The maximum Gasteiger partial charge on any atom is 0.251 e. The zero-order valence-electron chi connectivity index (χ0n) is 28.3. The summed E-state index contributed by atoms with van der Waals surface area (Å²) in [6.07, 6.45) is 3.26. The lowest BCUT2D eigenvalue weighted by Gasteiger charge is -2.27. The van der Waals surface area contributed by atoms with Crippen LogP contribution in [0.4, 0.5) is 0 Å². The van der Waals surface area contributed by atoms with Crippen LogP contribution in [0.15, 0.2) is 54.9 Å². The van der Waals surface area contributed by atoms with Gasteiger partial charge in [-0.2, -0.15) is 0 Å². The molecule has 5 rings (SSSR count). The Balaban J connectivity index is 1.59. The standard InChI is InChI=1S/C34H45N9O6/c1-5-22(2)30-34(48)38-28(18-24-10-14-27(49-4)15-11-24)33(47)37-23(3)31(45)35-16-6-7-17-42(29(44)20-43-21-36-40-41-43)19-25-8-12-26(13-9-25)32(46)39-30/h8-15,21-23,28,30H,5-7,16-20H2,1-4H3,(H,35,45)(H,37,47)(H,38,48)(H,39,46)/t22-,23+,28-,30?/m0/s1. The number of amides is 5. The van der Waals surface area contributed by atoms with Gasteiger partial charge in [-0.25, -0.2) is 4.68 Å². The normalized spacial score (nSPS) is 20.7. The van der Waals surface area contributed by atoms with Gasteiger partial charge in [-0.3, -0.25) is 24.0 Å². The number of rotatable bonds is 7. The Hall–Kier alpha value is -5.34. The molecule has 4 atom stereocenters. The SMILES string of the molecule is CC[C@H](C)C1NC(=O)c2ccc(cc2)CN(C(=O)Cn2cnnn2)CCCCNC(=O)[C@@H](C)NC(=O)[C@H](Cc2ccc(OC)cc2)NC1=O. The Morgan fingerprint density at radius 3 is 2.35 bits per heavy atom. The van der Waals surface area contributed by atoms with E-state index in [1.54, 1.807) is 67.5 Å². The molecule has 49 heavy (non-hydrogen) atoms. The number of tetrazole rings is 1. The molecule has 1 unspecified atom stereocenters. The third kappa shape index (κ3) is 10.6. The maximum absolute atomic E-state index is 13.8. The first-order chi connectivity index (χ1) is 23.6. The lowest BCUT2D eigenvalue weighted by Crippen LogP contribution is -2.58. The highest BCUT2D eigenvalue weighted by atomic mass is 16.5. The third-order valence-electron chi connectivity index (χ3n) is 8.55. The minimum Gasteiger partial charge on any atom is -0.497 e. The van der Waals surface area contributed by atoms with Crippen LogP contribution in [0.2, 0.25) is 0 Å². The van der Waals surface area contributed by atoms with Crippen molar-refractivity contribution in [2.24, 2.45) is 5.92 Å². The van der Waals surface area contributed by atoms with Crippen molar-refractivity contribution in [3.63, 3.8) is 0 Å². The van der Waals surface area contributed by atoms with E-state index in [0.29, 0.717) is 43.7 Å². The molecule has 3 aromatic rings. The van der Waals surface area contributed by atoms with E-state index in [1.165, 1.54) is 11.0 Å². The van der Waals surface area contributed by atoms with E-state index in [-0.39, 0.29) is 37.2 Å². The molecule has 2 bridgehead atoms. The summed E-state index contributed by atoms with van der Waals surface area (Å²) in [4.78, 5) is 68.6. The Morgan fingerprint density at radius 2 is 1.69 bits per heavy atom. The monoisotopic (exact) mass is 675 g/mol. The fraction of sp³-hybridized carbons (Fsp3) is 0.471. The van der Waals surface area contributed by atoms with Gasteiger partial charge in [0.05, 0.1) is 7.11 Å². The molecule has 5 amide bonds. The van der Waals surface area contributed by atoms with Gasteiger partial charge < -0.3 is 30.9 Å². The second-order valence-corrected chi connectivity index (χ2v) is 12.2. The van der Waals surface area contributed by atoms with Crippen LogP contribution in [0.3, 0.4) is 0 Å². The Morgan fingerprint density at radius 1 is 0.959 bits per heavy atom. The molecule has 0 aliphatic carbocycles. The van der Waals surface area contributed by atoms with Crippen molar-refractivity contribution in [3.8, 4) is 5.75 Å². The number of benzene rings is 2. The number of methoxy groups -OCH3 is 1. The number of fused-ring (bicyclic) bond motifs is 18. The Kier molecular flexibility index (Phi) is 13.2. The van der Waals surface area contributed by atoms with E-state index in [4.69, 9.17) is 4.74 Å². The van der Waals surface area contributed by atoms with Crippen molar-refractivity contribution in [1.29, 1.82) is 0 Å². The van der Waals surface area contributed by atoms with E-state index >= 15 is 0 Å². The van der Waals surface area contributed by atoms with Gasteiger partial charge in [-0.1, -0.05) is 44.5 Å². The van der Waals surface area contributed by atoms with Crippen LogP contribution in [0, 0.1) is 5.92 Å². The Labute approximate surface area is 285 Å². The summed E-state index contributed by atoms with van der Waals surface area (Å²) in [7, 11) is 1.55. The van der Waals surface area contributed by atoms with Gasteiger partial charge in [0.1, 0.15) is 36.7 Å². The molecule has 15 nitrogen and oxygen atoms in total. The predicted octanol–water partition coefficient (Wildman–Crippen LogP) is 0.997. The minimum absolute atomic E-state index is 0.0417. The van der Waals surface area contributed by atoms with Crippen LogP contribution in [0.5, 0.6) is 5.75 Å². The molecule has 0 saturated carbocycles. The molecule has 15 heteroatoms. The number of nitrogens with zero attached hydrogens (tertiary/aromatic N) is 5. The highest BCUT2D eigenvalue weighted by Gasteiger charge is 2.31. The van der Waals surface area contributed by atoms with Gasteiger partial charge in [-0.15, -0.1) is 5.10 Å². The van der Waals surface area contributed by atoms with Crippen LogP contribution in [0.25, 0.3) is 0 Å². The molecule has 262 valence electrons. The fourth-order valence-electron chi connectivity index (χ4n) is 5.33. The molecule has 2 aliphatic rings. The van der Waals surface area contributed by atoms with Gasteiger partial charge >= 0.3 is 0 Å². The summed E-state index contributed by atoms with van der Waals surface area (Å²) in [5.74, 6) is -1.72. The molecule has 0 fully saturated rings. The first-order valence-electron chi connectivity index (χ1n) is 16.5. The number of hydrogen-bond acceptors (Lipinski definition) is 9. The van der Waals surface area contributed by atoms with E-state index in [1.807, 2.05) is 13.8 Å². The van der Waals surface area contributed by atoms with Crippen molar-refractivity contribution in [2.75, 3.05) is 20.2 Å². The molecule has 0 radical (unpaired) electrons. The predicted molar refractivity (Wildman–Crippen MR) is 179 cm³/mol. The number of nitrogens with one attached hydrogen (secondary N) is 4. The number of carbonyl (C=O) groups is 5. The first-order valence-corrected chi connectivity index (χ1v) is 16.5. The van der Waals surface area contributed by atoms with Gasteiger partial charge in [0.2, 0.25) is 23.6 Å². The third-order valence-corrected chi connectivity index (χ3v) is 8.55. The van der Waals surface area contributed by atoms with E-state index in [0.717, 1.165) is 11.1 Å². The van der Waals surface area contributed by atoms with Crippen molar-refractivity contribution < 1.29 is 28.7 Å². The summed E-state index contributed by atoms with van der Waals surface area (Å²) in [5, 5.41) is 22.2. The molecule has 0 saturated heterocycles. The first kappa shape index (κ1) is 36.5. The molecular formula is C34H45N9O6. The van der Waals surface area contributed by atoms with Gasteiger partial charge in [0, 0.05) is 31.6 Å². The molecule has 2 aliphatic heterocycles. The number of hydrogen-bond donors (Lipinski definition) is 4. The van der Waals surface area contributed by atoms with Gasteiger partial charge in [0.25, 0.3) is 5.91 Å². The average molecular weight is 676 g/mol. The van der Waals surface area contributed by atoms with Crippen molar-refractivity contribution in [3.05, 3.63) is 71.5 Å². The minimum atomic E-state index is -1.04. The van der Waals surface area contributed by atoms with Crippen molar-refractivity contribution in [2.45, 2.75) is 77.7 Å². The number of aromatic nitrogens is 4. The summed E-state index contributed by atoms with van der Waals surface area (Å²) in [5.41, 5.74) is 1.91. The smallest absolute Gasteiger partial charge is 0.251 e. The zero-order chi connectivity index (χ0) is 35.3. The molecule has 3 heterocycles. The van der Waals surface area contributed by atoms with Crippen molar-refractivity contribution in [1.82, 2.24) is 46.4 Å². The summed E-state index contributed by atoms with van der Waals surface area (Å²) in [6.45, 7) is 6.31.